The summed E-state index contributed by atoms with van der Waals surface area (Å²) >= 11 is 2.69. The molecule has 0 saturated heterocycles. The Morgan fingerprint density at radius 2 is 2.10 bits per heavy atom. The van der Waals surface area contributed by atoms with E-state index in [0.717, 1.165) is 24.8 Å². The summed E-state index contributed by atoms with van der Waals surface area (Å²) in [6, 6.07) is 6.44. The van der Waals surface area contributed by atoms with Crippen molar-refractivity contribution in [1.29, 1.82) is 0 Å². The summed E-state index contributed by atoms with van der Waals surface area (Å²) in [6.07, 6.45) is 1.74. The number of aliphatic hydroxyl groups is 1. The molecular formula is C18H20N6O3S2. The number of tetrazole rings is 1. The fourth-order valence-electron chi connectivity index (χ4n) is 3.27. The number of amides is 1. The van der Waals surface area contributed by atoms with Crippen molar-refractivity contribution in [2.45, 2.75) is 42.8 Å². The molecule has 152 valence electrons. The number of thioether (sulfide) groups is 1. The molecule has 4 rings (SSSR count). The predicted octanol–water partition coefficient (Wildman–Crippen LogP) is 1.99. The number of hydrogen-bond acceptors (Lipinski definition) is 9. The van der Waals surface area contributed by atoms with Crippen LogP contribution in [-0.2, 0) is 17.6 Å². The van der Waals surface area contributed by atoms with Crippen LogP contribution in [0.1, 0.15) is 35.6 Å². The second-order valence-electron chi connectivity index (χ2n) is 6.68. The van der Waals surface area contributed by atoms with Gasteiger partial charge in [-0.1, -0.05) is 11.8 Å². The Morgan fingerprint density at radius 1 is 1.34 bits per heavy atom. The third kappa shape index (κ3) is 3.99. The van der Waals surface area contributed by atoms with Crippen LogP contribution in [0, 0.1) is 0 Å². The lowest BCUT2D eigenvalue weighted by Crippen LogP contribution is -2.24. The highest BCUT2D eigenvalue weighted by Gasteiger charge is 2.27. The average Bonchev–Trinajstić information content (AvgIpc) is 3.38. The minimum atomic E-state index is -1.12. The van der Waals surface area contributed by atoms with Crippen LogP contribution in [0.3, 0.4) is 0 Å². The van der Waals surface area contributed by atoms with E-state index in [0.29, 0.717) is 21.4 Å². The number of aromatic hydroxyl groups is 1. The number of phenolic OH excluding ortho intramolecular Hbond substituents is 1. The number of benzene rings is 1. The molecule has 0 aliphatic heterocycles. The molecule has 0 spiro atoms. The quantitative estimate of drug-likeness (QED) is 0.342. The van der Waals surface area contributed by atoms with Crippen molar-refractivity contribution >= 4 is 34.0 Å². The zero-order chi connectivity index (χ0) is 20.5. The maximum Gasteiger partial charge on any atom is 0.238 e. The molecule has 11 heteroatoms. The molecule has 2 unspecified atom stereocenters. The second kappa shape index (κ2) is 8.11. The minimum Gasteiger partial charge on any atom is -0.508 e. The number of aryl methyl sites for hydroxylation is 1. The van der Waals surface area contributed by atoms with E-state index in [-0.39, 0.29) is 11.7 Å². The van der Waals surface area contributed by atoms with Crippen molar-refractivity contribution in [2.24, 2.45) is 5.73 Å². The molecule has 3 aromatic rings. The van der Waals surface area contributed by atoms with Gasteiger partial charge < -0.3 is 21.3 Å². The number of hydrogen-bond donors (Lipinski definition) is 4. The summed E-state index contributed by atoms with van der Waals surface area (Å²) in [5.41, 5.74) is 8.11. The Balaban J connectivity index is 1.49. The highest BCUT2D eigenvalue weighted by molar-refractivity contribution is 8.00. The van der Waals surface area contributed by atoms with Gasteiger partial charge in [-0.2, -0.15) is 4.68 Å². The first-order valence-electron chi connectivity index (χ1n) is 9.07. The largest absolute Gasteiger partial charge is 0.508 e. The lowest BCUT2D eigenvalue weighted by molar-refractivity contribution is -0.115. The molecule has 29 heavy (non-hydrogen) atoms. The van der Waals surface area contributed by atoms with E-state index >= 15 is 0 Å². The summed E-state index contributed by atoms with van der Waals surface area (Å²) in [7, 11) is 0. The first-order chi connectivity index (χ1) is 13.9. The van der Waals surface area contributed by atoms with Crippen LogP contribution in [0.2, 0.25) is 0 Å². The molecule has 2 aromatic heterocycles. The summed E-state index contributed by atoms with van der Waals surface area (Å²) in [5.74, 6) is -0.0819. The van der Waals surface area contributed by atoms with Gasteiger partial charge in [0.05, 0.1) is 10.9 Å². The van der Waals surface area contributed by atoms with Crippen LogP contribution >= 0.6 is 23.1 Å². The van der Waals surface area contributed by atoms with Gasteiger partial charge >= 0.3 is 0 Å². The Hall–Kier alpha value is -2.47. The topological polar surface area (TPSA) is 139 Å². The molecule has 2 atom stereocenters. The fraction of sp³-hybridized carbons (Fsp3) is 0.333. The Bertz CT molecular complexity index is 1030. The normalized spacial score (nSPS) is 15.1. The number of nitrogens with one attached hydrogen (secondary N) is 1. The average molecular weight is 433 g/mol. The summed E-state index contributed by atoms with van der Waals surface area (Å²) in [6.45, 7) is 1.76. The molecule has 1 aliphatic carbocycles. The Labute approximate surface area is 174 Å². The van der Waals surface area contributed by atoms with Crippen LogP contribution in [0.5, 0.6) is 5.75 Å². The van der Waals surface area contributed by atoms with Crippen LogP contribution < -0.4 is 11.1 Å². The van der Waals surface area contributed by atoms with E-state index in [2.05, 4.69) is 20.8 Å². The van der Waals surface area contributed by atoms with E-state index < -0.39 is 11.5 Å². The number of nitrogens with two attached hydrogens (primary N) is 1. The monoisotopic (exact) mass is 432 g/mol. The summed E-state index contributed by atoms with van der Waals surface area (Å²) in [4.78, 5) is 14.0. The lowest BCUT2D eigenvalue weighted by atomic mass is 10.1. The van der Waals surface area contributed by atoms with Gasteiger partial charge in [-0.15, -0.1) is 16.4 Å². The first-order valence-corrected chi connectivity index (χ1v) is 10.8. The van der Waals surface area contributed by atoms with Crippen molar-refractivity contribution in [1.82, 2.24) is 20.2 Å². The SMILES string of the molecule is CC(Sc1nnnn1-c1ccc(O)cc1)C(=O)Nc1sc2c(c1C(N)O)CCC2. The van der Waals surface area contributed by atoms with Gasteiger partial charge in [0.15, 0.2) is 0 Å². The van der Waals surface area contributed by atoms with Gasteiger partial charge in [-0.3, -0.25) is 4.79 Å². The molecule has 1 amide bonds. The molecule has 0 radical (unpaired) electrons. The maximum atomic E-state index is 12.8. The third-order valence-corrected chi connectivity index (χ3v) is 6.94. The number of aliphatic hydroxyl groups excluding tert-OH is 1. The van der Waals surface area contributed by atoms with Gasteiger partial charge in [-0.05, 0) is 66.4 Å². The number of rotatable bonds is 6. The van der Waals surface area contributed by atoms with E-state index in [9.17, 15) is 15.0 Å². The summed E-state index contributed by atoms with van der Waals surface area (Å²) < 4.78 is 1.50. The maximum absolute atomic E-state index is 12.8. The molecule has 2 heterocycles. The van der Waals surface area contributed by atoms with Gasteiger partial charge in [0, 0.05) is 10.4 Å². The lowest BCUT2D eigenvalue weighted by Gasteiger charge is -2.14. The smallest absolute Gasteiger partial charge is 0.238 e. The number of fused-ring (bicyclic) bond motifs is 1. The molecule has 0 saturated carbocycles. The zero-order valence-electron chi connectivity index (χ0n) is 15.6. The van der Waals surface area contributed by atoms with Crippen molar-refractivity contribution in [3.8, 4) is 11.4 Å². The number of anilines is 1. The predicted molar refractivity (Wildman–Crippen MR) is 110 cm³/mol. The van der Waals surface area contributed by atoms with Crippen LogP contribution in [0.15, 0.2) is 29.4 Å². The molecular weight excluding hydrogens is 412 g/mol. The van der Waals surface area contributed by atoms with E-state index in [1.54, 1.807) is 19.1 Å². The van der Waals surface area contributed by atoms with Crippen molar-refractivity contribution in [3.05, 3.63) is 40.3 Å². The molecule has 0 fully saturated rings. The fourth-order valence-corrected chi connectivity index (χ4v) is 5.41. The third-order valence-electron chi connectivity index (χ3n) is 4.68. The number of thiophene rings is 1. The standard InChI is InChI=1S/C18H20N6O3S2/c1-9(28-18-21-22-23-24(18)10-5-7-11(25)8-6-10)16(27)20-17-14(15(19)26)12-3-2-4-13(12)29-17/h5-9,15,25-26H,2-4,19H2,1H3,(H,20,27). The molecule has 1 aliphatic rings. The highest BCUT2D eigenvalue weighted by Crippen LogP contribution is 2.41. The van der Waals surface area contributed by atoms with Gasteiger partial charge in [0.25, 0.3) is 0 Å². The first kappa shape index (κ1) is 19.8. The number of carbonyl (C=O) groups excluding carboxylic acids is 1. The van der Waals surface area contributed by atoms with Crippen molar-refractivity contribution in [3.63, 3.8) is 0 Å². The van der Waals surface area contributed by atoms with Crippen molar-refractivity contribution in [2.75, 3.05) is 5.32 Å². The Morgan fingerprint density at radius 3 is 2.83 bits per heavy atom. The molecule has 5 N–H and O–H groups in total. The van der Waals surface area contributed by atoms with E-state index in [1.807, 2.05) is 0 Å². The van der Waals surface area contributed by atoms with Crippen LogP contribution in [0.25, 0.3) is 5.69 Å². The molecule has 9 nitrogen and oxygen atoms in total. The van der Waals surface area contributed by atoms with E-state index in [1.165, 1.54) is 44.8 Å². The van der Waals surface area contributed by atoms with Gasteiger partial charge in [0.2, 0.25) is 11.1 Å². The number of carbonyl (C=O) groups is 1. The second-order valence-corrected chi connectivity index (χ2v) is 9.10. The zero-order valence-corrected chi connectivity index (χ0v) is 17.2. The summed E-state index contributed by atoms with van der Waals surface area (Å²) in [5, 5.41) is 34.5. The minimum absolute atomic E-state index is 0.143. The highest BCUT2D eigenvalue weighted by atomic mass is 32.2. The number of nitrogens with zero attached hydrogens (tertiary/aromatic N) is 4. The Kier molecular flexibility index (Phi) is 5.54. The van der Waals surface area contributed by atoms with Crippen molar-refractivity contribution < 1.29 is 15.0 Å². The molecule has 0 bridgehead atoms. The number of aromatic nitrogens is 4. The number of phenols is 1. The van der Waals surface area contributed by atoms with Crippen LogP contribution in [0.4, 0.5) is 5.00 Å². The van der Waals surface area contributed by atoms with Crippen LogP contribution in [-0.4, -0.2) is 41.6 Å². The molecule has 1 aromatic carbocycles. The van der Waals surface area contributed by atoms with Gasteiger partial charge in [0.1, 0.15) is 17.0 Å². The van der Waals surface area contributed by atoms with Gasteiger partial charge in [-0.25, -0.2) is 0 Å². The van der Waals surface area contributed by atoms with E-state index in [4.69, 9.17) is 5.73 Å².